The zero-order valence-corrected chi connectivity index (χ0v) is 16.2. The van der Waals surface area contributed by atoms with Crippen molar-refractivity contribution < 1.29 is 4.74 Å². The predicted molar refractivity (Wildman–Crippen MR) is 108 cm³/mol. The Labute approximate surface area is 156 Å². The molecule has 0 amide bonds. The maximum Gasteiger partial charge on any atom is 0.119 e. The first kappa shape index (κ1) is 17.2. The number of para-hydroxylation sites is 1. The molecule has 0 radical (unpaired) electrons. The van der Waals surface area contributed by atoms with Gasteiger partial charge in [0.2, 0.25) is 0 Å². The van der Waals surface area contributed by atoms with Gasteiger partial charge in [0.05, 0.1) is 12.1 Å². The highest BCUT2D eigenvalue weighted by Crippen LogP contribution is 2.36. The topological polar surface area (TPSA) is 17.4 Å². The van der Waals surface area contributed by atoms with Crippen LogP contribution in [0.25, 0.3) is 10.9 Å². The third-order valence-corrected chi connectivity index (χ3v) is 5.81. The average molecular weight is 348 g/mol. The van der Waals surface area contributed by atoms with E-state index in [1.54, 1.807) is 0 Å². The zero-order valence-electron chi connectivity index (χ0n) is 16.2. The predicted octanol–water partition coefficient (Wildman–Crippen LogP) is 4.71. The molecule has 0 saturated heterocycles. The summed E-state index contributed by atoms with van der Waals surface area (Å²) in [5.74, 6) is 0.943. The lowest BCUT2D eigenvalue weighted by Crippen LogP contribution is -2.35. The first-order chi connectivity index (χ1) is 12.6. The van der Waals surface area contributed by atoms with Crippen molar-refractivity contribution in [3.63, 3.8) is 0 Å². The van der Waals surface area contributed by atoms with Crippen molar-refractivity contribution in [3.05, 3.63) is 64.8 Å². The van der Waals surface area contributed by atoms with Gasteiger partial charge in [0, 0.05) is 30.1 Å². The first-order valence-electron chi connectivity index (χ1n) is 9.54. The minimum atomic E-state index is 0.571. The van der Waals surface area contributed by atoms with E-state index < -0.39 is 0 Å². The van der Waals surface area contributed by atoms with Gasteiger partial charge in [0.25, 0.3) is 0 Å². The van der Waals surface area contributed by atoms with Crippen LogP contribution in [0, 0.1) is 13.8 Å². The molecule has 0 N–H and O–H groups in total. The number of benzene rings is 2. The van der Waals surface area contributed by atoms with E-state index in [0.29, 0.717) is 12.6 Å². The Morgan fingerprint density at radius 3 is 2.54 bits per heavy atom. The van der Waals surface area contributed by atoms with Crippen LogP contribution in [0.3, 0.4) is 0 Å². The number of rotatable bonds is 4. The summed E-state index contributed by atoms with van der Waals surface area (Å²) in [7, 11) is 2.24. The fraction of sp³-hybridized carbons (Fsp3) is 0.391. The molecule has 0 spiro atoms. The second-order valence-corrected chi connectivity index (χ2v) is 7.63. The van der Waals surface area contributed by atoms with Gasteiger partial charge in [-0.05, 0) is 56.6 Å². The van der Waals surface area contributed by atoms with Gasteiger partial charge in [0.1, 0.15) is 12.4 Å². The molecule has 1 atom stereocenters. The molecule has 3 heteroatoms. The largest absolute Gasteiger partial charge is 0.492 e. The fourth-order valence-corrected chi connectivity index (χ4v) is 4.23. The van der Waals surface area contributed by atoms with Crippen molar-refractivity contribution in [1.29, 1.82) is 0 Å². The van der Waals surface area contributed by atoms with Crippen LogP contribution in [-0.2, 0) is 19.5 Å². The molecule has 1 unspecified atom stereocenters. The Morgan fingerprint density at radius 2 is 1.77 bits per heavy atom. The molecular weight excluding hydrogens is 320 g/mol. The summed E-state index contributed by atoms with van der Waals surface area (Å²) in [5.41, 5.74) is 7.15. The molecule has 26 heavy (non-hydrogen) atoms. The number of fused-ring (bicyclic) bond motifs is 3. The van der Waals surface area contributed by atoms with Crippen LogP contribution in [0.1, 0.15) is 29.3 Å². The van der Waals surface area contributed by atoms with Crippen LogP contribution in [0.4, 0.5) is 0 Å². The minimum absolute atomic E-state index is 0.571. The third kappa shape index (κ3) is 2.90. The van der Waals surface area contributed by atoms with Crippen molar-refractivity contribution in [3.8, 4) is 5.75 Å². The molecule has 3 aromatic rings. The molecule has 2 heterocycles. The van der Waals surface area contributed by atoms with Crippen molar-refractivity contribution in [2.75, 3.05) is 13.7 Å². The molecule has 0 fully saturated rings. The van der Waals surface area contributed by atoms with Gasteiger partial charge in [-0.1, -0.05) is 30.3 Å². The molecule has 4 rings (SSSR count). The van der Waals surface area contributed by atoms with Crippen LogP contribution in [-0.4, -0.2) is 29.2 Å². The number of likely N-dealkylation sites (N-methyl/N-ethyl adjacent to an activating group) is 1. The van der Waals surface area contributed by atoms with Gasteiger partial charge >= 0.3 is 0 Å². The summed E-state index contributed by atoms with van der Waals surface area (Å²) in [5, 5.41) is 1.46. The Bertz CT molecular complexity index is 927. The smallest absolute Gasteiger partial charge is 0.119 e. The first-order valence-corrected chi connectivity index (χ1v) is 9.54. The van der Waals surface area contributed by atoms with E-state index in [4.69, 9.17) is 4.74 Å². The minimum Gasteiger partial charge on any atom is -0.492 e. The number of nitrogens with zero attached hydrogens (tertiary/aromatic N) is 2. The van der Waals surface area contributed by atoms with Crippen molar-refractivity contribution in [1.82, 2.24) is 9.47 Å². The molecule has 0 saturated carbocycles. The number of hydrogen-bond donors (Lipinski definition) is 0. The summed E-state index contributed by atoms with van der Waals surface area (Å²) in [6.07, 6.45) is 1.10. The molecule has 1 aromatic heterocycles. The van der Waals surface area contributed by atoms with Gasteiger partial charge in [-0.25, -0.2) is 0 Å². The average Bonchev–Trinajstić information content (AvgIpc) is 2.94. The SMILES string of the molecule is Cc1ccc(C)c2c1c1c(n2CCOc2ccccc2)CC(C)N(C)C1. The Hall–Kier alpha value is -2.26. The lowest BCUT2D eigenvalue weighted by molar-refractivity contribution is 0.225. The van der Waals surface area contributed by atoms with Gasteiger partial charge in [-0.2, -0.15) is 0 Å². The molecule has 2 aromatic carbocycles. The highest BCUT2D eigenvalue weighted by molar-refractivity contribution is 5.91. The van der Waals surface area contributed by atoms with E-state index in [1.165, 1.54) is 33.3 Å². The summed E-state index contributed by atoms with van der Waals surface area (Å²) in [6, 6.07) is 15.2. The highest BCUT2D eigenvalue weighted by Gasteiger charge is 2.27. The number of ether oxygens (including phenoxy) is 1. The zero-order chi connectivity index (χ0) is 18.3. The highest BCUT2D eigenvalue weighted by atomic mass is 16.5. The molecule has 0 bridgehead atoms. The maximum absolute atomic E-state index is 6.01. The van der Waals surface area contributed by atoms with Gasteiger partial charge in [0.15, 0.2) is 0 Å². The summed E-state index contributed by atoms with van der Waals surface area (Å²) < 4.78 is 8.53. The number of aryl methyl sites for hydroxylation is 2. The van der Waals surface area contributed by atoms with Crippen LogP contribution in [0.15, 0.2) is 42.5 Å². The Balaban J connectivity index is 1.73. The summed E-state index contributed by atoms with van der Waals surface area (Å²) in [4.78, 5) is 2.47. The molecule has 3 nitrogen and oxygen atoms in total. The van der Waals surface area contributed by atoms with E-state index in [1.807, 2.05) is 30.3 Å². The Morgan fingerprint density at radius 1 is 1.04 bits per heavy atom. The standard InChI is InChI=1S/C23H28N2O/c1-16-10-11-17(2)23-22(16)20-15-24(4)18(3)14-21(20)25(23)12-13-26-19-8-6-5-7-9-19/h5-11,18H,12-15H2,1-4H3. The summed E-state index contributed by atoms with van der Waals surface area (Å²) in [6.45, 7) is 9.41. The monoisotopic (exact) mass is 348 g/mol. The lowest BCUT2D eigenvalue weighted by Gasteiger charge is -2.31. The molecule has 1 aliphatic rings. The van der Waals surface area contributed by atoms with Crippen molar-refractivity contribution in [2.45, 2.75) is 46.3 Å². The van der Waals surface area contributed by atoms with E-state index in [9.17, 15) is 0 Å². The fourth-order valence-electron chi connectivity index (χ4n) is 4.23. The molecule has 136 valence electrons. The lowest BCUT2D eigenvalue weighted by atomic mass is 9.97. The van der Waals surface area contributed by atoms with Crippen LogP contribution < -0.4 is 4.74 Å². The van der Waals surface area contributed by atoms with E-state index in [0.717, 1.165) is 25.3 Å². The van der Waals surface area contributed by atoms with E-state index >= 15 is 0 Å². The molecule has 1 aliphatic heterocycles. The van der Waals surface area contributed by atoms with Crippen molar-refractivity contribution >= 4 is 10.9 Å². The third-order valence-electron chi connectivity index (χ3n) is 5.81. The molecular formula is C23H28N2O. The van der Waals surface area contributed by atoms with Crippen LogP contribution in [0.5, 0.6) is 5.75 Å². The van der Waals surface area contributed by atoms with E-state index in [-0.39, 0.29) is 0 Å². The second-order valence-electron chi connectivity index (χ2n) is 7.63. The number of hydrogen-bond acceptors (Lipinski definition) is 2. The number of aromatic nitrogens is 1. The summed E-state index contributed by atoms with van der Waals surface area (Å²) >= 11 is 0. The van der Waals surface area contributed by atoms with Gasteiger partial charge in [-0.3, -0.25) is 4.90 Å². The van der Waals surface area contributed by atoms with E-state index in [2.05, 4.69) is 49.4 Å². The van der Waals surface area contributed by atoms with Crippen LogP contribution >= 0.6 is 0 Å². The second kappa shape index (κ2) is 6.81. The Kier molecular flexibility index (Phi) is 4.49. The van der Waals surface area contributed by atoms with Gasteiger partial charge in [-0.15, -0.1) is 0 Å². The van der Waals surface area contributed by atoms with Gasteiger partial charge < -0.3 is 9.30 Å². The normalized spacial score (nSPS) is 17.5. The maximum atomic E-state index is 6.01. The quantitative estimate of drug-likeness (QED) is 0.679. The van der Waals surface area contributed by atoms with Crippen molar-refractivity contribution in [2.24, 2.45) is 0 Å². The molecule has 0 aliphatic carbocycles. The van der Waals surface area contributed by atoms with Crippen LogP contribution in [0.2, 0.25) is 0 Å².